The number of hydrogen-bond donors (Lipinski definition) is 1. The quantitative estimate of drug-likeness (QED) is 0.561. The molecule has 1 heteroatoms. The van der Waals surface area contributed by atoms with Crippen LogP contribution in [0, 0.1) is 0 Å². The molecule has 2 rings (SSSR count). The molecule has 14 heavy (non-hydrogen) atoms. The van der Waals surface area contributed by atoms with E-state index in [-0.39, 0.29) is 0 Å². The minimum atomic E-state index is 0.813. The fraction of sp³-hybridized carbons (Fsp3) is 0.0769. The lowest BCUT2D eigenvalue weighted by Gasteiger charge is -2.02. The second-order valence-corrected chi connectivity index (χ2v) is 3.43. The third-order valence-corrected chi connectivity index (χ3v) is 2.31. The number of allylic oxidation sites excluding steroid dienone is 1. The van der Waals surface area contributed by atoms with Gasteiger partial charge < -0.3 is 5.73 Å². The Morgan fingerprint density at radius 1 is 1.07 bits per heavy atom. The van der Waals surface area contributed by atoms with Crippen LogP contribution in [0.15, 0.2) is 49.1 Å². The molecule has 1 nitrogen and oxygen atoms in total. The van der Waals surface area contributed by atoms with E-state index in [9.17, 15) is 0 Å². The van der Waals surface area contributed by atoms with Crippen molar-refractivity contribution >= 4 is 16.5 Å². The maximum atomic E-state index is 5.73. The molecule has 0 fully saturated rings. The number of anilines is 1. The van der Waals surface area contributed by atoms with Crippen molar-refractivity contribution in [1.29, 1.82) is 0 Å². The molecule has 0 radical (unpaired) electrons. The Balaban J connectivity index is 2.57. The maximum absolute atomic E-state index is 5.73. The first-order valence-electron chi connectivity index (χ1n) is 4.68. The lowest BCUT2D eigenvalue weighted by Crippen LogP contribution is -1.85. The van der Waals surface area contributed by atoms with Crippen LogP contribution in [0.5, 0.6) is 0 Å². The van der Waals surface area contributed by atoms with E-state index in [1.807, 2.05) is 24.3 Å². The van der Waals surface area contributed by atoms with Gasteiger partial charge in [-0.1, -0.05) is 30.3 Å². The van der Waals surface area contributed by atoms with Crippen LogP contribution < -0.4 is 5.73 Å². The molecule has 0 aliphatic carbocycles. The molecule has 0 unspecified atom stereocenters. The number of nitrogen functional groups attached to an aromatic ring is 1. The van der Waals surface area contributed by atoms with Crippen LogP contribution in [0.25, 0.3) is 10.8 Å². The zero-order valence-electron chi connectivity index (χ0n) is 8.03. The minimum absolute atomic E-state index is 0.813. The van der Waals surface area contributed by atoms with Crippen LogP contribution in [-0.2, 0) is 6.42 Å². The first-order valence-corrected chi connectivity index (χ1v) is 4.68. The second kappa shape index (κ2) is 3.54. The first-order chi connectivity index (χ1) is 6.79. The van der Waals surface area contributed by atoms with Crippen LogP contribution in [-0.4, -0.2) is 0 Å². The Kier molecular flexibility index (Phi) is 2.23. The zero-order chi connectivity index (χ0) is 9.97. The molecule has 0 aliphatic rings. The van der Waals surface area contributed by atoms with Crippen molar-refractivity contribution in [1.82, 2.24) is 0 Å². The molecule has 0 spiro atoms. The summed E-state index contributed by atoms with van der Waals surface area (Å²) in [5.74, 6) is 0. The number of fused-ring (bicyclic) bond motifs is 1. The summed E-state index contributed by atoms with van der Waals surface area (Å²) in [5, 5.41) is 2.43. The average molecular weight is 183 g/mol. The van der Waals surface area contributed by atoms with E-state index in [2.05, 4.69) is 24.8 Å². The van der Waals surface area contributed by atoms with Gasteiger partial charge in [0.1, 0.15) is 0 Å². The Morgan fingerprint density at radius 3 is 2.64 bits per heavy atom. The van der Waals surface area contributed by atoms with Crippen LogP contribution in [0.2, 0.25) is 0 Å². The Bertz CT molecular complexity index is 472. The molecule has 0 aliphatic heterocycles. The molecular formula is C13H13N. The van der Waals surface area contributed by atoms with Gasteiger partial charge in [-0.15, -0.1) is 6.58 Å². The molecule has 70 valence electrons. The molecule has 0 bridgehead atoms. The van der Waals surface area contributed by atoms with Crippen molar-refractivity contribution in [2.75, 3.05) is 5.73 Å². The normalized spacial score (nSPS) is 10.3. The van der Waals surface area contributed by atoms with Gasteiger partial charge in [0, 0.05) is 5.69 Å². The highest BCUT2D eigenvalue weighted by Crippen LogP contribution is 2.19. The van der Waals surface area contributed by atoms with Gasteiger partial charge in [-0.05, 0) is 34.9 Å². The van der Waals surface area contributed by atoms with Gasteiger partial charge in [-0.25, -0.2) is 0 Å². The third kappa shape index (κ3) is 1.62. The summed E-state index contributed by atoms with van der Waals surface area (Å²) in [5.41, 5.74) is 7.82. The fourth-order valence-corrected chi connectivity index (χ4v) is 1.61. The van der Waals surface area contributed by atoms with E-state index >= 15 is 0 Å². The smallest absolute Gasteiger partial charge is 0.0320 e. The molecule has 0 saturated heterocycles. The van der Waals surface area contributed by atoms with Gasteiger partial charge in [0.2, 0.25) is 0 Å². The molecule has 0 aromatic heterocycles. The SMILES string of the molecule is C=CCc1ccc2ccc(N)cc2c1. The average Bonchev–Trinajstić information content (AvgIpc) is 2.17. The first kappa shape index (κ1) is 8.82. The molecule has 0 heterocycles. The summed E-state index contributed by atoms with van der Waals surface area (Å²) in [4.78, 5) is 0. The number of rotatable bonds is 2. The number of nitrogens with two attached hydrogens (primary N) is 1. The monoisotopic (exact) mass is 183 g/mol. The number of benzene rings is 2. The molecule has 0 saturated carbocycles. The molecular weight excluding hydrogens is 170 g/mol. The van der Waals surface area contributed by atoms with E-state index < -0.39 is 0 Å². The molecule has 0 atom stereocenters. The van der Waals surface area contributed by atoms with Gasteiger partial charge in [0.25, 0.3) is 0 Å². The molecule has 2 aromatic rings. The van der Waals surface area contributed by atoms with Crippen molar-refractivity contribution < 1.29 is 0 Å². The van der Waals surface area contributed by atoms with E-state index in [0.29, 0.717) is 0 Å². The Hall–Kier alpha value is -1.76. The predicted octanol–water partition coefficient (Wildman–Crippen LogP) is 3.15. The van der Waals surface area contributed by atoms with Crippen molar-refractivity contribution in [2.24, 2.45) is 0 Å². The summed E-state index contributed by atoms with van der Waals surface area (Å²) >= 11 is 0. The highest BCUT2D eigenvalue weighted by Gasteiger charge is 1.95. The predicted molar refractivity (Wildman–Crippen MR) is 62.3 cm³/mol. The van der Waals surface area contributed by atoms with E-state index in [1.165, 1.54) is 16.3 Å². The standard InChI is InChI=1S/C13H13N/c1-2-3-10-4-5-11-6-7-13(14)9-12(11)8-10/h2,4-9H,1,3,14H2. The molecule has 2 aromatic carbocycles. The van der Waals surface area contributed by atoms with Gasteiger partial charge in [-0.3, -0.25) is 0 Å². The van der Waals surface area contributed by atoms with Crippen LogP contribution in [0.4, 0.5) is 5.69 Å². The van der Waals surface area contributed by atoms with Crippen LogP contribution >= 0.6 is 0 Å². The summed E-state index contributed by atoms with van der Waals surface area (Å²) in [6, 6.07) is 12.4. The maximum Gasteiger partial charge on any atom is 0.0320 e. The van der Waals surface area contributed by atoms with Crippen molar-refractivity contribution in [3.05, 3.63) is 54.6 Å². The Morgan fingerprint density at radius 2 is 1.86 bits per heavy atom. The van der Waals surface area contributed by atoms with E-state index in [0.717, 1.165) is 12.1 Å². The topological polar surface area (TPSA) is 26.0 Å². The Labute approximate surface area is 83.9 Å². The summed E-state index contributed by atoms with van der Waals surface area (Å²) in [7, 11) is 0. The van der Waals surface area contributed by atoms with E-state index in [4.69, 9.17) is 5.73 Å². The van der Waals surface area contributed by atoms with Gasteiger partial charge in [0.05, 0.1) is 0 Å². The minimum Gasteiger partial charge on any atom is -0.399 e. The lowest BCUT2D eigenvalue weighted by atomic mass is 10.0. The number of hydrogen-bond acceptors (Lipinski definition) is 1. The largest absolute Gasteiger partial charge is 0.399 e. The summed E-state index contributed by atoms with van der Waals surface area (Å²) in [6.07, 6.45) is 2.82. The zero-order valence-corrected chi connectivity index (χ0v) is 8.03. The summed E-state index contributed by atoms with van der Waals surface area (Å²) in [6.45, 7) is 3.73. The van der Waals surface area contributed by atoms with Crippen molar-refractivity contribution in [3.63, 3.8) is 0 Å². The molecule has 0 amide bonds. The fourth-order valence-electron chi connectivity index (χ4n) is 1.61. The van der Waals surface area contributed by atoms with Gasteiger partial charge in [0.15, 0.2) is 0 Å². The second-order valence-electron chi connectivity index (χ2n) is 3.43. The molecule has 2 N–H and O–H groups in total. The lowest BCUT2D eigenvalue weighted by molar-refractivity contribution is 1.29. The third-order valence-electron chi connectivity index (χ3n) is 2.31. The highest BCUT2D eigenvalue weighted by atomic mass is 14.5. The van der Waals surface area contributed by atoms with Gasteiger partial charge in [-0.2, -0.15) is 0 Å². The van der Waals surface area contributed by atoms with E-state index in [1.54, 1.807) is 0 Å². The van der Waals surface area contributed by atoms with Crippen LogP contribution in [0.3, 0.4) is 0 Å². The van der Waals surface area contributed by atoms with Crippen molar-refractivity contribution in [2.45, 2.75) is 6.42 Å². The van der Waals surface area contributed by atoms with Crippen LogP contribution in [0.1, 0.15) is 5.56 Å². The van der Waals surface area contributed by atoms with Gasteiger partial charge >= 0.3 is 0 Å². The summed E-state index contributed by atoms with van der Waals surface area (Å²) < 4.78 is 0. The van der Waals surface area contributed by atoms with Crippen molar-refractivity contribution in [3.8, 4) is 0 Å². The highest BCUT2D eigenvalue weighted by molar-refractivity contribution is 5.85.